The maximum Gasteiger partial charge on any atom is 0.416 e. The number of terminal acetylenes is 1. The average Bonchev–Trinajstić information content (AvgIpc) is 3.50. The molecule has 0 aliphatic carbocycles. The van der Waals surface area contributed by atoms with Crippen molar-refractivity contribution in [1.29, 1.82) is 0 Å². The Morgan fingerprint density at radius 3 is 2.53 bits per heavy atom. The molecule has 0 N–H and O–H groups in total. The molecule has 3 aromatic rings. The Bertz CT molecular complexity index is 1380. The largest absolute Gasteiger partial charge is 0.494 e. The maximum atomic E-state index is 13.8. The molecule has 1 unspecified atom stereocenters. The number of anilines is 2. The van der Waals surface area contributed by atoms with Gasteiger partial charge in [-0.15, -0.1) is 17.8 Å². The van der Waals surface area contributed by atoms with E-state index in [0.29, 0.717) is 5.75 Å². The Morgan fingerprint density at radius 2 is 1.95 bits per heavy atom. The third-order valence-electron chi connectivity index (χ3n) is 5.51. The summed E-state index contributed by atoms with van der Waals surface area (Å²) in [5.74, 6) is 1.31. The fourth-order valence-corrected chi connectivity index (χ4v) is 4.48. The van der Waals surface area contributed by atoms with Gasteiger partial charge in [-0.3, -0.25) is 19.4 Å². The molecule has 0 saturated carbocycles. The van der Waals surface area contributed by atoms with Gasteiger partial charge in [-0.1, -0.05) is 0 Å². The molecule has 0 bridgehead atoms. The second-order valence-electron chi connectivity index (χ2n) is 8.45. The van der Waals surface area contributed by atoms with Gasteiger partial charge in [0.25, 0.3) is 11.8 Å². The monoisotopic (exact) mass is 545 g/mol. The van der Waals surface area contributed by atoms with Crippen molar-refractivity contribution in [1.82, 2.24) is 15.0 Å². The van der Waals surface area contributed by atoms with Gasteiger partial charge in [-0.25, -0.2) is 15.0 Å². The third kappa shape index (κ3) is 5.55. The molecule has 2 aromatic heterocycles. The molecule has 38 heavy (non-hydrogen) atoms. The Labute approximate surface area is 220 Å². The van der Waals surface area contributed by atoms with Crippen LogP contribution in [-0.2, 0) is 11.0 Å². The van der Waals surface area contributed by atoms with Crippen molar-refractivity contribution in [2.75, 3.05) is 23.5 Å². The molecule has 9 nitrogen and oxygen atoms in total. The number of ether oxygens (including phenoxy) is 2. The highest BCUT2D eigenvalue weighted by molar-refractivity contribution is 7.10. The summed E-state index contributed by atoms with van der Waals surface area (Å²) in [6, 6.07) is 1.78. The zero-order valence-corrected chi connectivity index (χ0v) is 21.3. The highest BCUT2D eigenvalue weighted by Crippen LogP contribution is 2.38. The number of aromatic nitrogens is 3. The highest BCUT2D eigenvalue weighted by Gasteiger charge is 2.42. The summed E-state index contributed by atoms with van der Waals surface area (Å²) in [6.45, 7) is 3.44. The second-order valence-corrected chi connectivity index (χ2v) is 9.31. The minimum atomic E-state index is -4.74. The number of alkyl halides is 3. The molecule has 1 aliphatic heterocycles. The first kappa shape index (κ1) is 26.9. The van der Waals surface area contributed by atoms with E-state index in [4.69, 9.17) is 15.9 Å². The number of carbonyl (C=O) groups is 2. The molecule has 13 heteroatoms. The van der Waals surface area contributed by atoms with Crippen LogP contribution >= 0.6 is 11.3 Å². The van der Waals surface area contributed by atoms with E-state index in [0.717, 1.165) is 28.4 Å². The quantitative estimate of drug-likeness (QED) is 0.411. The van der Waals surface area contributed by atoms with Crippen LogP contribution in [0, 0.1) is 12.3 Å². The van der Waals surface area contributed by atoms with E-state index in [1.54, 1.807) is 13.8 Å². The van der Waals surface area contributed by atoms with Crippen LogP contribution in [0.1, 0.15) is 41.3 Å². The van der Waals surface area contributed by atoms with Crippen LogP contribution in [0.4, 0.5) is 24.8 Å². The maximum absolute atomic E-state index is 13.8. The molecule has 2 amide bonds. The zero-order chi connectivity index (χ0) is 27.6. The lowest BCUT2D eigenvalue weighted by Crippen LogP contribution is -2.46. The SMILES string of the molecule is C#Cc1nc(C(=O)N(c2cc(OC(C)C)cc(C(F)(F)F)c2)C2CCN(c3ncc(OC)cn3)C2=O)cs1. The summed E-state index contributed by atoms with van der Waals surface area (Å²) in [7, 11) is 1.44. The summed E-state index contributed by atoms with van der Waals surface area (Å²) in [4.78, 5) is 41.8. The molecular weight excluding hydrogens is 523 g/mol. The van der Waals surface area contributed by atoms with Crippen molar-refractivity contribution in [3.8, 4) is 23.8 Å². The van der Waals surface area contributed by atoms with E-state index in [2.05, 4.69) is 20.9 Å². The number of rotatable bonds is 7. The van der Waals surface area contributed by atoms with Gasteiger partial charge in [0.2, 0.25) is 5.95 Å². The normalized spacial score (nSPS) is 15.5. The fourth-order valence-electron chi connectivity index (χ4n) is 3.88. The van der Waals surface area contributed by atoms with Crippen LogP contribution in [0.25, 0.3) is 0 Å². The number of hydrogen-bond acceptors (Lipinski definition) is 8. The fraction of sp³-hybridized carbons (Fsp3) is 0.320. The Balaban J connectivity index is 1.80. The summed E-state index contributed by atoms with van der Waals surface area (Å²) in [5.41, 5.74) is -1.31. The second kappa shape index (κ2) is 10.7. The predicted octanol–water partition coefficient (Wildman–Crippen LogP) is 4.18. The molecule has 1 atom stereocenters. The third-order valence-corrected chi connectivity index (χ3v) is 6.29. The summed E-state index contributed by atoms with van der Waals surface area (Å²) < 4.78 is 52.1. The van der Waals surface area contributed by atoms with Gasteiger partial charge in [-0.05, 0) is 38.3 Å². The van der Waals surface area contributed by atoms with Gasteiger partial charge in [0.05, 0.1) is 31.2 Å². The van der Waals surface area contributed by atoms with Crippen LogP contribution in [0.15, 0.2) is 36.0 Å². The van der Waals surface area contributed by atoms with Crippen molar-refractivity contribution >= 4 is 34.8 Å². The van der Waals surface area contributed by atoms with Crippen LogP contribution in [0.5, 0.6) is 11.5 Å². The smallest absolute Gasteiger partial charge is 0.416 e. The van der Waals surface area contributed by atoms with E-state index in [1.165, 1.54) is 35.8 Å². The summed E-state index contributed by atoms with van der Waals surface area (Å²) in [5, 5.41) is 1.61. The van der Waals surface area contributed by atoms with Crippen molar-refractivity contribution in [2.45, 2.75) is 38.6 Å². The van der Waals surface area contributed by atoms with E-state index in [1.807, 2.05) is 0 Å². The molecule has 0 spiro atoms. The van der Waals surface area contributed by atoms with Crippen molar-refractivity contribution < 1.29 is 32.2 Å². The van der Waals surface area contributed by atoms with E-state index in [-0.39, 0.29) is 41.1 Å². The molecule has 1 fully saturated rings. The molecule has 0 radical (unpaired) electrons. The van der Waals surface area contributed by atoms with Gasteiger partial charge >= 0.3 is 6.18 Å². The number of carbonyl (C=O) groups excluding carboxylic acids is 2. The molecule has 1 saturated heterocycles. The minimum Gasteiger partial charge on any atom is -0.494 e. The first-order valence-corrected chi connectivity index (χ1v) is 12.2. The molecule has 3 heterocycles. The lowest BCUT2D eigenvalue weighted by Gasteiger charge is -2.29. The average molecular weight is 546 g/mol. The Hall–Kier alpha value is -4.18. The number of amides is 2. The summed E-state index contributed by atoms with van der Waals surface area (Å²) in [6.07, 6.45) is 3.06. The standard InChI is InChI=1S/C25H22F3N5O4S/c1-5-21-31-19(13-38-21)22(34)33(16-8-15(25(26,27)28)9-17(10-16)37-14(2)3)20-6-7-32(23(20)35)24-29-11-18(36-4)12-30-24/h1,8-14,20H,6-7H2,2-4H3. The van der Waals surface area contributed by atoms with Gasteiger partial charge in [-0.2, -0.15) is 13.2 Å². The number of benzene rings is 1. The minimum absolute atomic E-state index is 0.0712. The lowest BCUT2D eigenvalue weighted by atomic mass is 10.1. The number of thiazole rings is 1. The number of halogens is 3. The van der Waals surface area contributed by atoms with Crippen LogP contribution in [0.3, 0.4) is 0 Å². The van der Waals surface area contributed by atoms with Gasteiger partial charge in [0, 0.05) is 23.7 Å². The lowest BCUT2D eigenvalue weighted by molar-refractivity contribution is -0.137. The molecule has 4 rings (SSSR count). The zero-order valence-electron chi connectivity index (χ0n) is 20.5. The van der Waals surface area contributed by atoms with E-state index >= 15 is 0 Å². The highest BCUT2D eigenvalue weighted by atomic mass is 32.1. The van der Waals surface area contributed by atoms with Crippen molar-refractivity contribution in [3.05, 3.63) is 52.2 Å². The molecule has 1 aromatic carbocycles. The van der Waals surface area contributed by atoms with Crippen molar-refractivity contribution in [3.63, 3.8) is 0 Å². The molecular formula is C25H22F3N5O4S. The molecule has 1 aliphatic rings. The Morgan fingerprint density at radius 1 is 1.24 bits per heavy atom. The van der Waals surface area contributed by atoms with Gasteiger partial charge in [0.15, 0.2) is 10.8 Å². The first-order valence-electron chi connectivity index (χ1n) is 11.3. The Kier molecular flexibility index (Phi) is 7.54. The van der Waals surface area contributed by atoms with Crippen molar-refractivity contribution in [2.24, 2.45) is 0 Å². The van der Waals surface area contributed by atoms with Gasteiger partial charge < -0.3 is 9.47 Å². The number of hydrogen-bond donors (Lipinski definition) is 0. The summed E-state index contributed by atoms with van der Waals surface area (Å²) >= 11 is 1.03. The first-order chi connectivity index (χ1) is 18.0. The number of nitrogens with zero attached hydrogens (tertiary/aromatic N) is 5. The molecule has 198 valence electrons. The topological polar surface area (TPSA) is 97.8 Å². The van der Waals surface area contributed by atoms with E-state index < -0.39 is 35.7 Å². The van der Waals surface area contributed by atoms with Gasteiger partial charge in [0.1, 0.15) is 17.5 Å². The number of methoxy groups -OCH3 is 1. The van der Waals surface area contributed by atoms with Crippen LogP contribution < -0.4 is 19.3 Å². The van der Waals surface area contributed by atoms with Crippen LogP contribution in [0.2, 0.25) is 0 Å². The van der Waals surface area contributed by atoms with E-state index in [9.17, 15) is 22.8 Å². The predicted molar refractivity (Wildman–Crippen MR) is 133 cm³/mol. The van der Waals surface area contributed by atoms with Crippen LogP contribution in [-0.4, -0.2) is 52.6 Å².